The van der Waals surface area contributed by atoms with Crippen LogP contribution in [-0.4, -0.2) is 15.7 Å². The molecule has 0 saturated heterocycles. The molecule has 0 aliphatic carbocycles. The van der Waals surface area contributed by atoms with Gasteiger partial charge in [-0.3, -0.25) is 14.9 Å². The number of pyridine rings is 1. The van der Waals surface area contributed by atoms with Gasteiger partial charge in [-0.25, -0.2) is 4.98 Å². The quantitative estimate of drug-likeness (QED) is 0.517. The Morgan fingerprint density at radius 3 is 2.53 bits per heavy atom. The lowest BCUT2D eigenvalue weighted by atomic mass is 10.1. The maximum absolute atomic E-state index is 11.1. The third kappa shape index (κ3) is 3.12. The second-order valence-corrected chi connectivity index (χ2v) is 3.91. The van der Waals surface area contributed by atoms with Crippen LogP contribution in [0.5, 0.6) is 0 Å². The number of nitro groups is 1. The van der Waals surface area contributed by atoms with Gasteiger partial charge in [0.2, 0.25) is 0 Å². The summed E-state index contributed by atoms with van der Waals surface area (Å²) < 4.78 is 0. The standard InChI is InChI=1S/C13H11N3O3/c1-9(17)10-2-4-11(5-3-10)15-13-8-12(16(18)19)6-7-14-13/h2-8H,1H3,(H,14,15). The molecule has 96 valence electrons. The van der Waals surface area contributed by atoms with E-state index in [1.54, 1.807) is 24.3 Å². The number of nitrogens with zero attached hydrogens (tertiary/aromatic N) is 2. The minimum absolute atomic E-state index is 0.0139. The molecule has 0 aliphatic heterocycles. The van der Waals surface area contributed by atoms with Gasteiger partial charge in [-0.2, -0.15) is 0 Å². The molecule has 1 heterocycles. The van der Waals surface area contributed by atoms with Gasteiger partial charge in [0.05, 0.1) is 11.0 Å². The van der Waals surface area contributed by atoms with E-state index in [-0.39, 0.29) is 11.5 Å². The van der Waals surface area contributed by atoms with Crippen LogP contribution in [0.1, 0.15) is 17.3 Å². The molecule has 2 aromatic rings. The second kappa shape index (κ2) is 5.26. The molecule has 0 bridgehead atoms. The van der Waals surface area contributed by atoms with E-state index < -0.39 is 4.92 Å². The highest BCUT2D eigenvalue weighted by molar-refractivity contribution is 5.94. The molecule has 0 unspecified atom stereocenters. The highest BCUT2D eigenvalue weighted by Crippen LogP contribution is 2.19. The number of hydrogen-bond donors (Lipinski definition) is 1. The van der Waals surface area contributed by atoms with Gasteiger partial charge in [-0.15, -0.1) is 0 Å². The van der Waals surface area contributed by atoms with Crippen molar-refractivity contribution in [2.45, 2.75) is 6.92 Å². The van der Waals surface area contributed by atoms with E-state index in [1.165, 1.54) is 25.3 Å². The first-order valence-electron chi connectivity index (χ1n) is 5.55. The van der Waals surface area contributed by atoms with E-state index in [1.807, 2.05) is 0 Å². The van der Waals surface area contributed by atoms with E-state index in [2.05, 4.69) is 10.3 Å². The van der Waals surface area contributed by atoms with Gasteiger partial charge >= 0.3 is 0 Å². The zero-order valence-corrected chi connectivity index (χ0v) is 10.2. The van der Waals surface area contributed by atoms with Crippen molar-refractivity contribution in [2.75, 3.05) is 5.32 Å². The molecule has 0 spiro atoms. The fourth-order valence-electron chi connectivity index (χ4n) is 1.54. The molecule has 1 N–H and O–H groups in total. The number of ketones is 1. The number of benzene rings is 1. The van der Waals surface area contributed by atoms with E-state index in [9.17, 15) is 14.9 Å². The lowest BCUT2D eigenvalue weighted by Gasteiger charge is -2.05. The number of carbonyl (C=O) groups is 1. The number of hydrogen-bond acceptors (Lipinski definition) is 5. The van der Waals surface area contributed by atoms with E-state index >= 15 is 0 Å². The smallest absolute Gasteiger partial charge is 0.274 e. The van der Waals surface area contributed by atoms with Crippen LogP contribution in [0.4, 0.5) is 17.2 Å². The Hall–Kier alpha value is -2.76. The van der Waals surface area contributed by atoms with Gasteiger partial charge in [-0.1, -0.05) is 0 Å². The molecular weight excluding hydrogens is 246 g/mol. The third-order valence-electron chi connectivity index (χ3n) is 2.52. The van der Waals surface area contributed by atoms with Gasteiger partial charge in [0.25, 0.3) is 5.69 Å². The van der Waals surface area contributed by atoms with Crippen molar-refractivity contribution in [2.24, 2.45) is 0 Å². The predicted molar refractivity (Wildman–Crippen MR) is 70.6 cm³/mol. The number of carbonyl (C=O) groups excluding carboxylic acids is 1. The highest BCUT2D eigenvalue weighted by Gasteiger charge is 2.07. The molecule has 0 amide bonds. The minimum Gasteiger partial charge on any atom is -0.340 e. The van der Waals surface area contributed by atoms with E-state index in [4.69, 9.17) is 0 Å². The Kier molecular flexibility index (Phi) is 3.51. The first-order chi connectivity index (χ1) is 9.06. The molecule has 6 nitrogen and oxygen atoms in total. The molecule has 0 saturated carbocycles. The van der Waals surface area contributed by atoms with Gasteiger partial charge in [0.15, 0.2) is 5.78 Å². The average molecular weight is 257 g/mol. The summed E-state index contributed by atoms with van der Waals surface area (Å²) in [7, 11) is 0. The predicted octanol–water partition coefficient (Wildman–Crippen LogP) is 2.94. The number of aromatic nitrogens is 1. The van der Waals surface area contributed by atoms with Crippen molar-refractivity contribution in [3.63, 3.8) is 0 Å². The molecule has 0 aliphatic rings. The normalized spacial score (nSPS) is 9.95. The second-order valence-electron chi connectivity index (χ2n) is 3.91. The summed E-state index contributed by atoms with van der Waals surface area (Å²) in [4.78, 5) is 25.3. The van der Waals surface area contributed by atoms with Crippen LogP contribution >= 0.6 is 0 Å². The van der Waals surface area contributed by atoms with Gasteiger partial charge in [0, 0.05) is 23.5 Å². The Morgan fingerprint density at radius 1 is 1.26 bits per heavy atom. The molecule has 6 heteroatoms. The fourth-order valence-corrected chi connectivity index (χ4v) is 1.54. The maximum Gasteiger partial charge on any atom is 0.274 e. The van der Waals surface area contributed by atoms with Crippen molar-refractivity contribution in [1.29, 1.82) is 0 Å². The summed E-state index contributed by atoms with van der Waals surface area (Å²) >= 11 is 0. The van der Waals surface area contributed by atoms with Crippen molar-refractivity contribution in [1.82, 2.24) is 4.98 Å². The summed E-state index contributed by atoms with van der Waals surface area (Å²) in [6.45, 7) is 1.49. The number of Topliss-reactive ketones (excluding diaryl/α,β-unsaturated/α-hetero) is 1. The lowest BCUT2D eigenvalue weighted by molar-refractivity contribution is -0.384. The number of rotatable bonds is 4. The monoisotopic (exact) mass is 257 g/mol. The van der Waals surface area contributed by atoms with Crippen molar-refractivity contribution in [3.05, 3.63) is 58.3 Å². The SMILES string of the molecule is CC(=O)c1ccc(Nc2cc([N+](=O)[O-])ccn2)cc1. The van der Waals surface area contributed by atoms with Crippen LogP contribution in [0.3, 0.4) is 0 Å². The first-order valence-corrected chi connectivity index (χ1v) is 5.55. The van der Waals surface area contributed by atoms with Crippen LogP contribution in [0.25, 0.3) is 0 Å². The van der Waals surface area contributed by atoms with E-state index in [0.717, 1.165) is 0 Å². The zero-order valence-electron chi connectivity index (χ0n) is 10.2. The van der Waals surface area contributed by atoms with Gasteiger partial charge in [-0.05, 0) is 31.2 Å². The molecular formula is C13H11N3O3. The summed E-state index contributed by atoms with van der Waals surface area (Å²) in [6.07, 6.45) is 1.37. The lowest BCUT2D eigenvalue weighted by Crippen LogP contribution is -1.97. The van der Waals surface area contributed by atoms with Crippen LogP contribution in [0, 0.1) is 10.1 Å². The molecule has 0 atom stereocenters. The maximum atomic E-state index is 11.1. The molecule has 0 fully saturated rings. The van der Waals surface area contributed by atoms with Crippen LogP contribution in [-0.2, 0) is 0 Å². The molecule has 19 heavy (non-hydrogen) atoms. The summed E-state index contributed by atoms with van der Waals surface area (Å²) in [5.41, 5.74) is 1.29. The van der Waals surface area contributed by atoms with Crippen molar-refractivity contribution >= 4 is 23.0 Å². The van der Waals surface area contributed by atoms with Crippen molar-refractivity contribution < 1.29 is 9.72 Å². The summed E-state index contributed by atoms with van der Waals surface area (Å²) in [6, 6.07) is 9.47. The summed E-state index contributed by atoms with van der Waals surface area (Å²) in [5, 5.41) is 13.6. The van der Waals surface area contributed by atoms with Crippen molar-refractivity contribution in [3.8, 4) is 0 Å². The van der Waals surface area contributed by atoms with Crippen LogP contribution < -0.4 is 5.32 Å². The first kappa shape index (κ1) is 12.7. The number of anilines is 2. The van der Waals surface area contributed by atoms with E-state index in [0.29, 0.717) is 17.1 Å². The molecule has 1 aromatic heterocycles. The highest BCUT2D eigenvalue weighted by atomic mass is 16.6. The van der Waals surface area contributed by atoms with Gasteiger partial charge < -0.3 is 5.32 Å². The minimum atomic E-state index is -0.480. The topological polar surface area (TPSA) is 85.1 Å². The van der Waals surface area contributed by atoms with Gasteiger partial charge in [0.1, 0.15) is 5.82 Å². The Bertz CT molecular complexity index is 623. The molecule has 1 aromatic carbocycles. The largest absolute Gasteiger partial charge is 0.340 e. The average Bonchev–Trinajstić information content (AvgIpc) is 2.39. The Morgan fingerprint density at radius 2 is 1.95 bits per heavy atom. The molecule has 0 radical (unpaired) electrons. The summed E-state index contributed by atoms with van der Waals surface area (Å²) in [5.74, 6) is 0.366. The van der Waals surface area contributed by atoms with Crippen LogP contribution in [0.2, 0.25) is 0 Å². The number of nitrogens with one attached hydrogen (secondary N) is 1. The zero-order chi connectivity index (χ0) is 13.8. The Balaban J connectivity index is 2.19. The third-order valence-corrected chi connectivity index (χ3v) is 2.52. The van der Waals surface area contributed by atoms with Crippen LogP contribution in [0.15, 0.2) is 42.6 Å². The molecule has 2 rings (SSSR count). The Labute approximate surface area is 109 Å². The fraction of sp³-hybridized carbons (Fsp3) is 0.0769.